The zero-order valence-electron chi connectivity index (χ0n) is 10.2. The maximum absolute atomic E-state index is 4.30. The highest BCUT2D eigenvalue weighted by Crippen LogP contribution is 2.21. The molecule has 2 atom stereocenters. The van der Waals surface area contributed by atoms with Crippen molar-refractivity contribution >= 4 is 11.3 Å². The summed E-state index contributed by atoms with van der Waals surface area (Å²) in [6.07, 6.45) is 5.71. The second-order valence-electron chi connectivity index (χ2n) is 4.06. The Morgan fingerprint density at radius 2 is 2.20 bits per heavy atom. The molecule has 1 N–H and O–H groups in total. The fraction of sp³-hybridized carbons (Fsp3) is 0.750. The average Bonchev–Trinajstić information content (AvgIpc) is 2.64. The molecule has 0 aromatic carbocycles. The van der Waals surface area contributed by atoms with Gasteiger partial charge in [0, 0.05) is 23.2 Å². The third-order valence-corrected chi connectivity index (χ3v) is 3.78. The minimum Gasteiger partial charge on any atom is -0.307 e. The van der Waals surface area contributed by atoms with Gasteiger partial charge in [-0.2, -0.15) is 0 Å². The van der Waals surface area contributed by atoms with Gasteiger partial charge >= 0.3 is 0 Å². The summed E-state index contributed by atoms with van der Waals surface area (Å²) >= 11 is 1.79. The van der Waals surface area contributed by atoms with Crippen molar-refractivity contribution in [1.82, 2.24) is 10.3 Å². The molecule has 86 valence electrons. The van der Waals surface area contributed by atoms with Crippen LogP contribution in [0.1, 0.15) is 56.0 Å². The lowest BCUT2D eigenvalue weighted by molar-refractivity contribution is 0.420. The second-order valence-corrected chi connectivity index (χ2v) is 5.33. The van der Waals surface area contributed by atoms with E-state index in [1.54, 1.807) is 11.3 Å². The van der Waals surface area contributed by atoms with Gasteiger partial charge in [0.15, 0.2) is 0 Å². The maximum atomic E-state index is 4.30. The van der Waals surface area contributed by atoms with Gasteiger partial charge in [0.05, 0.1) is 5.01 Å². The van der Waals surface area contributed by atoms with Gasteiger partial charge in [-0.25, -0.2) is 4.98 Å². The third-order valence-electron chi connectivity index (χ3n) is 2.68. The van der Waals surface area contributed by atoms with Crippen LogP contribution in [0.15, 0.2) is 6.20 Å². The van der Waals surface area contributed by atoms with Gasteiger partial charge in [-0.15, -0.1) is 11.3 Å². The molecule has 3 heteroatoms. The van der Waals surface area contributed by atoms with Crippen molar-refractivity contribution < 1.29 is 0 Å². The molecule has 0 fully saturated rings. The van der Waals surface area contributed by atoms with E-state index in [9.17, 15) is 0 Å². The van der Waals surface area contributed by atoms with Crippen LogP contribution >= 0.6 is 11.3 Å². The topological polar surface area (TPSA) is 24.9 Å². The largest absolute Gasteiger partial charge is 0.307 e. The molecule has 0 bridgehead atoms. The summed E-state index contributed by atoms with van der Waals surface area (Å²) in [5, 5.41) is 4.82. The Bertz CT molecular complexity index is 283. The highest BCUT2D eigenvalue weighted by atomic mass is 32.1. The molecular formula is C12H22N2S. The van der Waals surface area contributed by atoms with Gasteiger partial charge in [0.1, 0.15) is 0 Å². The number of aryl methyl sites for hydroxylation is 1. The van der Waals surface area contributed by atoms with Crippen LogP contribution in [0.5, 0.6) is 0 Å². The van der Waals surface area contributed by atoms with E-state index in [1.807, 2.05) is 6.20 Å². The first kappa shape index (κ1) is 12.7. The Hall–Kier alpha value is -0.410. The Labute approximate surface area is 97.1 Å². The molecular weight excluding hydrogens is 204 g/mol. The van der Waals surface area contributed by atoms with Crippen LogP contribution in [0.25, 0.3) is 0 Å². The minimum atomic E-state index is 0.438. The van der Waals surface area contributed by atoms with Crippen molar-refractivity contribution in [3.8, 4) is 0 Å². The monoisotopic (exact) mass is 226 g/mol. The molecule has 0 radical (unpaired) electrons. The number of rotatable bonds is 6. The smallest absolute Gasteiger partial charge is 0.0897 e. The lowest BCUT2D eigenvalue weighted by Crippen LogP contribution is -2.30. The first-order valence-electron chi connectivity index (χ1n) is 5.85. The summed E-state index contributed by atoms with van der Waals surface area (Å²) < 4.78 is 0. The fourth-order valence-electron chi connectivity index (χ4n) is 1.77. The molecule has 0 amide bonds. The molecule has 0 aliphatic heterocycles. The van der Waals surface area contributed by atoms with E-state index in [0.29, 0.717) is 12.1 Å². The van der Waals surface area contributed by atoms with Crippen molar-refractivity contribution in [2.24, 2.45) is 0 Å². The normalized spacial score (nSPS) is 15.2. The summed E-state index contributed by atoms with van der Waals surface area (Å²) in [6, 6.07) is 1.08. The summed E-state index contributed by atoms with van der Waals surface area (Å²) in [7, 11) is 0. The lowest BCUT2D eigenvalue weighted by Gasteiger charge is -2.20. The van der Waals surface area contributed by atoms with Gasteiger partial charge in [-0.05, 0) is 26.7 Å². The summed E-state index contributed by atoms with van der Waals surface area (Å²) in [4.78, 5) is 5.64. The van der Waals surface area contributed by atoms with Crippen molar-refractivity contribution in [2.45, 2.75) is 59.0 Å². The van der Waals surface area contributed by atoms with Crippen molar-refractivity contribution in [1.29, 1.82) is 0 Å². The Balaban J connectivity index is 2.50. The molecule has 0 spiro atoms. The summed E-state index contributed by atoms with van der Waals surface area (Å²) in [6.45, 7) is 8.78. The number of hydrogen-bond acceptors (Lipinski definition) is 3. The second kappa shape index (κ2) is 6.23. The predicted octanol–water partition coefficient (Wildman–Crippen LogP) is 3.68. The van der Waals surface area contributed by atoms with E-state index in [4.69, 9.17) is 0 Å². The average molecular weight is 226 g/mol. The van der Waals surface area contributed by atoms with Crippen LogP contribution in [0.2, 0.25) is 0 Å². The molecule has 0 saturated heterocycles. The maximum Gasteiger partial charge on any atom is 0.0897 e. The SMILES string of the molecule is CCCC(CC)NC(C)c1cnc(C)s1. The first-order chi connectivity index (χ1) is 7.17. The van der Waals surface area contributed by atoms with E-state index in [1.165, 1.54) is 24.1 Å². The van der Waals surface area contributed by atoms with Crippen LogP contribution in [-0.2, 0) is 0 Å². The molecule has 0 aliphatic carbocycles. The molecule has 1 heterocycles. The zero-order chi connectivity index (χ0) is 11.3. The number of hydrogen-bond donors (Lipinski definition) is 1. The van der Waals surface area contributed by atoms with Crippen LogP contribution in [0.3, 0.4) is 0 Å². The van der Waals surface area contributed by atoms with Crippen LogP contribution in [0, 0.1) is 6.92 Å². The first-order valence-corrected chi connectivity index (χ1v) is 6.67. The van der Waals surface area contributed by atoms with Crippen molar-refractivity contribution in [2.75, 3.05) is 0 Å². The molecule has 1 aromatic heterocycles. The van der Waals surface area contributed by atoms with Crippen molar-refractivity contribution in [3.05, 3.63) is 16.1 Å². The van der Waals surface area contributed by atoms with Gasteiger partial charge < -0.3 is 5.32 Å². The van der Waals surface area contributed by atoms with E-state index in [2.05, 4.69) is 38.0 Å². The molecule has 2 unspecified atom stereocenters. The van der Waals surface area contributed by atoms with Gasteiger partial charge in [0.2, 0.25) is 0 Å². The van der Waals surface area contributed by atoms with E-state index in [0.717, 1.165) is 5.01 Å². The van der Waals surface area contributed by atoms with Crippen LogP contribution < -0.4 is 5.32 Å². The molecule has 0 aliphatic rings. The number of aromatic nitrogens is 1. The minimum absolute atomic E-state index is 0.438. The van der Waals surface area contributed by atoms with Crippen LogP contribution in [0.4, 0.5) is 0 Å². The van der Waals surface area contributed by atoms with Gasteiger partial charge in [-0.3, -0.25) is 0 Å². The number of nitrogens with one attached hydrogen (secondary N) is 1. The Kier molecular flexibility index (Phi) is 5.26. The molecule has 1 rings (SSSR count). The molecule has 15 heavy (non-hydrogen) atoms. The highest BCUT2D eigenvalue weighted by molar-refractivity contribution is 7.11. The number of nitrogens with zero attached hydrogens (tertiary/aromatic N) is 1. The van der Waals surface area contributed by atoms with E-state index in [-0.39, 0.29) is 0 Å². The van der Waals surface area contributed by atoms with E-state index < -0.39 is 0 Å². The number of thiazole rings is 1. The molecule has 1 aromatic rings. The third kappa shape index (κ3) is 3.92. The predicted molar refractivity (Wildman–Crippen MR) is 67.4 cm³/mol. The lowest BCUT2D eigenvalue weighted by atomic mass is 10.1. The van der Waals surface area contributed by atoms with Crippen LogP contribution in [-0.4, -0.2) is 11.0 Å². The fourth-order valence-corrected chi connectivity index (χ4v) is 2.56. The quantitative estimate of drug-likeness (QED) is 0.800. The zero-order valence-corrected chi connectivity index (χ0v) is 11.0. The molecule has 0 saturated carbocycles. The van der Waals surface area contributed by atoms with Gasteiger partial charge in [-0.1, -0.05) is 20.3 Å². The standard InChI is InChI=1S/C12H22N2S/c1-5-7-11(6-2)14-9(3)12-8-13-10(4)15-12/h8-9,11,14H,5-7H2,1-4H3. The van der Waals surface area contributed by atoms with Gasteiger partial charge in [0.25, 0.3) is 0 Å². The summed E-state index contributed by atoms with van der Waals surface area (Å²) in [5.41, 5.74) is 0. The van der Waals surface area contributed by atoms with E-state index >= 15 is 0 Å². The highest BCUT2D eigenvalue weighted by Gasteiger charge is 2.12. The Morgan fingerprint density at radius 3 is 2.67 bits per heavy atom. The Morgan fingerprint density at radius 1 is 1.47 bits per heavy atom. The molecule has 2 nitrogen and oxygen atoms in total. The summed E-state index contributed by atoms with van der Waals surface area (Å²) in [5.74, 6) is 0. The van der Waals surface area contributed by atoms with Crippen molar-refractivity contribution in [3.63, 3.8) is 0 Å².